The molecule has 1 aliphatic carbocycles. The standard InChI is InChI=1S/C11H21NS/c1-11(2)5-9(6-11)7-12-10-3-4-13-8-10/h9-10,12H,3-8H2,1-2H3. The quantitative estimate of drug-likeness (QED) is 0.749. The van der Waals surface area contributed by atoms with Gasteiger partial charge in [0.25, 0.3) is 0 Å². The lowest BCUT2D eigenvalue weighted by atomic mass is 9.64. The van der Waals surface area contributed by atoms with Crippen LogP contribution >= 0.6 is 11.8 Å². The number of hydrogen-bond acceptors (Lipinski definition) is 2. The third-order valence-corrected chi connectivity index (χ3v) is 4.47. The Hall–Kier alpha value is 0.310. The lowest BCUT2D eigenvalue weighted by molar-refractivity contribution is 0.0940. The van der Waals surface area contributed by atoms with E-state index in [4.69, 9.17) is 0 Å². The summed E-state index contributed by atoms with van der Waals surface area (Å²) in [5.74, 6) is 3.69. The van der Waals surface area contributed by atoms with Gasteiger partial charge >= 0.3 is 0 Å². The minimum Gasteiger partial charge on any atom is -0.313 e. The highest BCUT2D eigenvalue weighted by Crippen LogP contribution is 2.44. The van der Waals surface area contributed by atoms with E-state index in [0.717, 1.165) is 12.0 Å². The first kappa shape index (κ1) is 9.85. The Bertz CT molecular complexity index is 165. The van der Waals surface area contributed by atoms with E-state index in [1.807, 2.05) is 0 Å². The highest BCUT2D eigenvalue weighted by molar-refractivity contribution is 7.99. The van der Waals surface area contributed by atoms with Crippen molar-refractivity contribution in [1.82, 2.24) is 5.32 Å². The zero-order chi connectivity index (χ0) is 9.31. The molecule has 1 atom stereocenters. The van der Waals surface area contributed by atoms with Crippen molar-refractivity contribution >= 4 is 11.8 Å². The van der Waals surface area contributed by atoms with Crippen LogP contribution in [-0.2, 0) is 0 Å². The van der Waals surface area contributed by atoms with Gasteiger partial charge in [0.15, 0.2) is 0 Å². The van der Waals surface area contributed by atoms with E-state index in [9.17, 15) is 0 Å². The average molecular weight is 199 g/mol. The molecule has 76 valence electrons. The molecule has 1 saturated heterocycles. The van der Waals surface area contributed by atoms with Crippen molar-refractivity contribution in [3.8, 4) is 0 Å². The van der Waals surface area contributed by atoms with Crippen LogP contribution in [0.5, 0.6) is 0 Å². The molecular formula is C11H21NS. The van der Waals surface area contributed by atoms with Crippen LogP contribution in [0.15, 0.2) is 0 Å². The number of rotatable bonds is 3. The molecule has 1 heterocycles. The Morgan fingerprint density at radius 2 is 2.15 bits per heavy atom. The van der Waals surface area contributed by atoms with Crippen molar-refractivity contribution in [1.29, 1.82) is 0 Å². The molecular weight excluding hydrogens is 178 g/mol. The number of hydrogen-bond donors (Lipinski definition) is 1. The second kappa shape index (κ2) is 3.82. The first-order chi connectivity index (χ1) is 6.16. The molecule has 1 saturated carbocycles. The Balaban J connectivity index is 1.59. The van der Waals surface area contributed by atoms with Gasteiger partial charge in [-0.3, -0.25) is 0 Å². The number of nitrogens with one attached hydrogen (secondary N) is 1. The van der Waals surface area contributed by atoms with Gasteiger partial charge in [0.05, 0.1) is 0 Å². The smallest absolute Gasteiger partial charge is 0.0166 e. The minimum absolute atomic E-state index is 0.650. The summed E-state index contributed by atoms with van der Waals surface area (Å²) in [6, 6.07) is 0.828. The summed E-state index contributed by atoms with van der Waals surface area (Å²) < 4.78 is 0. The Morgan fingerprint density at radius 3 is 2.69 bits per heavy atom. The van der Waals surface area contributed by atoms with Crippen LogP contribution < -0.4 is 5.32 Å². The van der Waals surface area contributed by atoms with Crippen LogP contribution in [0.1, 0.15) is 33.1 Å². The van der Waals surface area contributed by atoms with E-state index in [2.05, 4.69) is 30.9 Å². The van der Waals surface area contributed by atoms with E-state index in [-0.39, 0.29) is 0 Å². The summed E-state index contributed by atoms with van der Waals surface area (Å²) in [6.45, 7) is 6.04. The fourth-order valence-corrected chi connectivity index (χ4v) is 3.86. The van der Waals surface area contributed by atoms with Gasteiger partial charge in [-0.2, -0.15) is 11.8 Å². The molecule has 0 radical (unpaired) electrons. The zero-order valence-corrected chi connectivity index (χ0v) is 9.62. The summed E-state index contributed by atoms with van der Waals surface area (Å²) in [5, 5.41) is 3.70. The Morgan fingerprint density at radius 1 is 1.38 bits per heavy atom. The molecule has 2 fully saturated rings. The van der Waals surface area contributed by atoms with Gasteiger partial charge in [0.1, 0.15) is 0 Å². The normalized spacial score (nSPS) is 33.2. The van der Waals surface area contributed by atoms with E-state index >= 15 is 0 Å². The van der Waals surface area contributed by atoms with Crippen LogP contribution in [0.25, 0.3) is 0 Å². The molecule has 2 rings (SSSR count). The van der Waals surface area contributed by atoms with E-state index in [0.29, 0.717) is 5.41 Å². The predicted molar refractivity (Wildman–Crippen MR) is 60.2 cm³/mol. The largest absolute Gasteiger partial charge is 0.313 e. The van der Waals surface area contributed by atoms with Crippen LogP contribution in [0.4, 0.5) is 0 Å². The van der Waals surface area contributed by atoms with E-state index in [1.165, 1.54) is 37.3 Å². The second-order valence-corrected chi connectivity index (χ2v) is 6.56. The molecule has 0 spiro atoms. The molecule has 0 bridgehead atoms. The maximum absolute atomic E-state index is 3.70. The Labute approximate surface area is 86.0 Å². The van der Waals surface area contributed by atoms with E-state index < -0.39 is 0 Å². The van der Waals surface area contributed by atoms with Gasteiger partial charge in [-0.1, -0.05) is 13.8 Å². The number of thioether (sulfide) groups is 1. The van der Waals surface area contributed by atoms with Gasteiger partial charge in [-0.15, -0.1) is 0 Å². The molecule has 0 aromatic heterocycles. The van der Waals surface area contributed by atoms with Gasteiger partial charge in [-0.25, -0.2) is 0 Å². The Kier molecular flexibility index (Phi) is 2.89. The highest BCUT2D eigenvalue weighted by atomic mass is 32.2. The van der Waals surface area contributed by atoms with Gasteiger partial charge < -0.3 is 5.32 Å². The summed E-state index contributed by atoms with van der Waals surface area (Å²) in [7, 11) is 0. The monoisotopic (exact) mass is 199 g/mol. The summed E-state index contributed by atoms with van der Waals surface area (Å²) in [5.41, 5.74) is 0.650. The molecule has 2 heteroatoms. The molecule has 1 unspecified atom stereocenters. The third-order valence-electron chi connectivity index (χ3n) is 3.31. The fourth-order valence-electron chi connectivity index (χ4n) is 2.68. The van der Waals surface area contributed by atoms with Crippen LogP contribution in [0, 0.1) is 11.3 Å². The van der Waals surface area contributed by atoms with Crippen molar-refractivity contribution < 1.29 is 0 Å². The molecule has 0 aromatic carbocycles. The molecule has 13 heavy (non-hydrogen) atoms. The average Bonchev–Trinajstić information content (AvgIpc) is 2.48. The van der Waals surface area contributed by atoms with Gasteiger partial charge in [0.2, 0.25) is 0 Å². The predicted octanol–water partition coefficient (Wildman–Crippen LogP) is 2.52. The molecule has 1 N–H and O–H groups in total. The molecule has 1 aliphatic heterocycles. The van der Waals surface area contributed by atoms with Crippen LogP contribution in [-0.4, -0.2) is 24.1 Å². The maximum Gasteiger partial charge on any atom is 0.0166 e. The van der Waals surface area contributed by atoms with Crippen molar-refractivity contribution in [2.75, 3.05) is 18.1 Å². The zero-order valence-electron chi connectivity index (χ0n) is 8.81. The maximum atomic E-state index is 3.70. The molecule has 1 nitrogen and oxygen atoms in total. The summed E-state index contributed by atoms with van der Waals surface area (Å²) >= 11 is 2.10. The first-order valence-electron chi connectivity index (χ1n) is 5.47. The first-order valence-corrected chi connectivity index (χ1v) is 6.62. The van der Waals surface area contributed by atoms with Gasteiger partial charge in [-0.05, 0) is 42.9 Å². The van der Waals surface area contributed by atoms with Crippen molar-refractivity contribution in [3.05, 3.63) is 0 Å². The minimum atomic E-state index is 0.650. The molecule has 2 aliphatic rings. The van der Waals surface area contributed by atoms with Gasteiger partial charge in [0, 0.05) is 11.8 Å². The fraction of sp³-hybridized carbons (Fsp3) is 1.00. The van der Waals surface area contributed by atoms with Crippen molar-refractivity contribution in [2.45, 2.75) is 39.2 Å². The van der Waals surface area contributed by atoms with Crippen LogP contribution in [0.2, 0.25) is 0 Å². The second-order valence-electron chi connectivity index (χ2n) is 5.41. The van der Waals surface area contributed by atoms with Crippen molar-refractivity contribution in [3.63, 3.8) is 0 Å². The highest BCUT2D eigenvalue weighted by Gasteiger charge is 2.35. The topological polar surface area (TPSA) is 12.0 Å². The lowest BCUT2D eigenvalue weighted by Gasteiger charge is -2.43. The molecule has 0 aromatic rings. The van der Waals surface area contributed by atoms with Crippen LogP contribution in [0.3, 0.4) is 0 Å². The third kappa shape index (κ3) is 2.63. The van der Waals surface area contributed by atoms with E-state index in [1.54, 1.807) is 0 Å². The SMILES string of the molecule is CC1(C)CC(CNC2CCSC2)C1. The molecule has 0 amide bonds. The van der Waals surface area contributed by atoms with Crippen molar-refractivity contribution in [2.24, 2.45) is 11.3 Å². The summed E-state index contributed by atoms with van der Waals surface area (Å²) in [6.07, 6.45) is 4.25. The summed E-state index contributed by atoms with van der Waals surface area (Å²) in [4.78, 5) is 0. The lowest BCUT2D eigenvalue weighted by Crippen LogP contribution is -2.41.